The molecular weight excluding hydrogens is 367 g/mol. The maximum atomic E-state index is 13.5. The van der Waals surface area contributed by atoms with Crippen molar-refractivity contribution >= 4 is 37.3 Å². The number of hydrogen-bond acceptors (Lipinski definition) is 4. The maximum Gasteiger partial charge on any atom is 0.250 e. The number of rotatable bonds is 4. The topological polar surface area (TPSA) is 70.0 Å². The molecule has 1 aromatic heterocycles. The highest BCUT2D eigenvalue weighted by atomic mass is 79.9. The van der Waals surface area contributed by atoms with Gasteiger partial charge in [-0.1, -0.05) is 15.9 Å². The third-order valence-corrected chi connectivity index (χ3v) is 5.79. The normalized spacial score (nSPS) is 11.2. The number of benzene rings is 1. The van der Waals surface area contributed by atoms with Crippen LogP contribution in [0.25, 0.3) is 0 Å². The lowest BCUT2D eigenvalue weighted by atomic mass is 10.2. The third kappa shape index (κ3) is 3.43. The van der Waals surface area contributed by atoms with Crippen LogP contribution in [0.3, 0.4) is 0 Å². The fourth-order valence-corrected chi connectivity index (χ4v) is 4.01. The molecule has 0 saturated carbocycles. The van der Waals surface area contributed by atoms with Crippen molar-refractivity contribution in [1.29, 1.82) is 5.26 Å². The SMILES string of the molecule is N#Cc1ccc(S(=O)(=O)NCc2cc(Br)ccc2F)s1. The zero-order chi connectivity index (χ0) is 14.8. The van der Waals surface area contributed by atoms with Crippen molar-refractivity contribution in [3.63, 3.8) is 0 Å². The van der Waals surface area contributed by atoms with Crippen molar-refractivity contribution in [3.8, 4) is 6.07 Å². The zero-order valence-electron chi connectivity index (χ0n) is 9.93. The molecule has 0 saturated heterocycles. The molecular formula is C12H8BrFN2O2S2. The predicted octanol–water partition coefficient (Wildman–Crippen LogP) is 3.00. The number of thiophene rings is 1. The number of nitrogens with zero attached hydrogens (tertiary/aromatic N) is 1. The average molecular weight is 375 g/mol. The standard InChI is InChI=1S/C12H8BrFN2O2S2/c13-9-1-3-11(14)8(5-9)7-16-20(17,18)12-4-2-10(6-15)19-12/h1-5,16H,7H2. The van der Waals surface area contributed by atoms with E-state index in [2.05, 4.69) is 20.7 Å². The fourth-order valence-electron chi connectivity index (χ4n) is 1.45. The Bertz CT molecular complexity index is 781. The van der Waals surface area contributed by atoms with Crippen LogP contribution in [0.15, 0.2) is 39.0 Å². The molecule has 1 aromatic carbocycles. The van der Waals surface area contributed by atoms with E-state index in [1.54, 1.807) is 0 Å². The van der Waals surface area contributed by atoms with Crippen LogP contribution >= 0.6 is 27.3 Å². The lowest BCUT2D eigenvalue weighted by molar-refractivity contribution is 0.576. The molecule has 0 spiro atoms. The van der Waals surface area contributed by atoms with Crippen molar-refractivity contribution < 1.29 is 12.8 Å². The van der Waals surface area contributed by atoms with Crippen LogP contribution in [0.4, 0.5) is 4.39 Å². The summed E-state index contributed by atoms with van der Waals surface area (Å²) in [6.07, 6.45) is 0. The third-order valence-electron chi connectivity index (χ3n) is 2.42. The second kappa shape index (κ2) is 6.01. The molecule has 1 N–H and O–H groups in total. The van der Waals surface area contributed by atoms with Gasteiger partial charge in [-0.15, -0.1) is 11.3 Å². The van der Waals surface area contributed by atoms with Crippen LogP contribution in [0, 0.1) is 17.1 Å². The highest BCUT2D eigenvalue weighted by Gasteiger charge is 2.17. The van der Waals surface area contributed by atoms with Gasteiger partial charge in [0.05, 0.1) is 0 Å². The van der Waals surface area contributed by atoms with Gasteiger partial charge in [0.1, 0.15) is 21.0 Å². The van der Waals surface area contributed by atoms with Gasteiger partial charge in [0.15, 0.2) is 0 Å². The molecule has 1 heterocycles. The van der Waals surface area contributed by atoms with Gasteiger partial charge in [0, 0.05) is 16.6 Å². The van der Waals surface area contributed by atoms with Gasteiger partial charge in [-0.05, 0) is 30.3 Å². The van der Waals surface area contributed by atoms with E-state index in [0.29, 0.717) is 9.35 Å². The first-order valence-electron chi connectivity index (χ1n) is 5.36. The van der Waals surface area contributed by atoms with Gasteiger partial charge in [-0.25, -0.2) is 17.5 Å². The molecule has 0 bridgehead atoms. The molecule has 0 radical (unpaired) electrons. The zero-order valence-corrected chi connectivity index (χ0v) is 13.1. The Balaban J connectivity index is 2.17. The average Bonchev–Trinajstić information content (AvgIpc) is 2.89. The molecule has 20 heavy (non-hydrogen) atoms. The Morgan fingerprint density at radius 1 is 1.35 bits per heavy atom. The second-order valence-corrected chi connectivity index (χ2v) is 7.78. The van der Waals surface area contributed by atoms with Gasteiger partial charge < -0.3 is 0 Å². The summed E-state index contributed by atoms with van der Waals surface area (Å²) in [6.45, 7) is -0.159. The molecule has 2 aromatic rings. The highest BCUT2D eigenvalue weighted by molar-refractivity contribution is 9.10. The number of sulfonamides is 1. The molecule has 0 unspecified atom stereocenters. The van der Waals surface area contributed by atoms with E-state index in [1.165, 1.54) is 30.3 Å². The van der Waals surface area contributed by atoms with Crippen LogP contribution in [-0.2, 0) is 16.6 Å². The molecule has 8 heteroatoms. The highest BCUT2D eigenvalue weighted by Crippen LogP contribution is 2.21. The van der Waals surface area contributed by atoms with E-state index in [-0.39, 0.29) is 16.3 Å². The molecule has 104 valence electrons. The minimum Gasteiger partial charge on any atom is -0.207 e. The predicted molar refractivity (Wildman–Crippen MR) is 77.2 cm³/mol. The van der Waals surface area contributed by atoms with Crippen LogP contribution < -0.4 is 4.72 Å². The number of nitrogens with one attached hydrogen (secondary N) is 1. The minimum absolute atomic E-state index is 0.0319. The van der Waals surface area contributed by atoms with Crippen LogP contribution in [0.2, 0.25) is 0 Å². The molecule has 0 fully saturated rings. The quantitative estimate of drug-likeness (QED) is 0.893. The fraction of sp³-hybridized carbons (Fsp3) is 0.0833. The summed E-state index contributed by atoms with van der Waals surface area (Å²) < 4.78 is 40.5. The van der Waals surface area contributed by atoms with Crippen LogP contribution in [-0.4, -0.2) is 8.42 Å². The van der Waals surface area contributed by atoms with Gasteiger partial charge in [-0.2, -0.15) is 5.26 Å². The van der Waals surface area contributed by atoms with E-state index in [9.17, 15) is 12.8 Å². The lowest BCUT2D eigenvalue weighted by Gasteiger charge is -2.06. The monoisotopic (exact) mass is 374 g/mol. The summed E-state index contributed by atoms with van der Waals surface area (Å²) in [6, 6.07) is 8.95. The summed E-state index contributed by atoms with van der Waals surface area (Å²) in [7, 11) is -3.74. The first kappa shape index (κ1) is 15.1. The smallest absolute Gasteiger partial charge is 0.207 e. The Kier molecular flexibility index (Phi) is 4.55. The van der Waals surface area contributed by atoms with Crippen LogP contribution in [0.5, 0.6) is 0 Å². The van der Waals surface area contributed by atoms with E-state index >= 15 is 0 Å². The Labute approximate surface area is 128 Å². The van der Waals surface area contributed by atoms with Crippen LogP contribution in [0.1, 0.15) is 10.4 Å². The van der Waals surface area contributed by atoms with Crippen molar-refractivity contribution in [2.24, 2.45) is 0 Å². The summed E-state index contributed by atoms with van der Waals surface area (Å²) in [4.78, 5) is 0.305. The maximum absolute atomic E-state index is 13.5. The minimum atomic E-state index is -3.74. The van der Waals surface area contributed by atoms with Gasteiger partial charge in [0.25, 0.3) is 0 Å². The molecule has 0 aliphatic heterocycles. The van der Waals surface area contributed by atoms with E-state index in [0.717, 1.165) is 11.3 Å². The number of nitriles is 1. The van der Waals surface area contributed by atoms with Crippen molar-refractivity contribution in [3.05, 3.63) is 51.1 Å². The molecule has 0 aliphatic rings. The Morgan fingerprint density at radius 2 is 2.10 bits per heavy atom. The molecule has 0 amide bonds. The Morgan fingerprint density at radius 3 is 2.75 bits per heavy atom. The summed E-state index contributed by atoms with van der Waals surface area (Å²) in [5.41, 5.74) is 0.236. The Hall–Kier alpha value is -1.27. The molecule has 0 atom stereocenters. The van der Waals surface area contributed by atoms with Gasteiger partial charge in [-0.3, -0.25) is 0 Å². The number of halogens is 2. The van der Waals surface area contributed by atoms with Crippen molar-refractivity contribution in [2.75, 3.05) is 0 Å². The van der Waals surface area contributed by atoms with Gasteiger partial charge >= 0.3 is 0 Å². The molecule has 2 rings (SSSR count). The summed E-state index contributed by atoms with van der Waals surface area (Å²) in [5.74, 6) is -0.486. The molecule has 4 nitrogen and oxygen atoms in total. The van der Waals surface area contributed by atoms with Crippen molar-refractivity contribution in [1.82, 2.24) is 4.72 Å². The lowest BCUT2D eigenvalue weighted by Crippen LogP contribution is -2.22. The van der Waals surface area contributed by atoms with E-state index in [1.807, 2.05) is 6.07 Å². The molecule has 0 aliphatic carbocycles. The van der Waals surface area contributed by atoms with Gasteiger partial charge in [0.2, 0.25) is 10.0 Å². The van der Waals surface area contributed by atoms with E-state index in [4.69, 9.17) is 5.26 Å². The second-order valence-electron chi connectivity index (χ2n) is 3.79. The first-order chi connectivity index (χ1) is 9.42. The summed E-state index contributed by atoms with van der Waals surface area (Å²) in [5, 5.41) is 8.68. The summed E-state index contributed by atoms with van der Waals surface area (Å²) >= 11 is 4.06. The number of hydrogen-bond donors (Lipinski definition) is 1. The first-order valence-corrected chi connectivity index (χ1v) is 8.45. The van der Waals surface area contributed by atoms with E-state index < -0.39 is 15.8 Å². The van der Waals surface area contributed by atoms with Crippen molar-refractivity contribution in [2.45, 2.75) is 10.8 Å². The largest absolute Gasteiger partial charge is 0.250 e.